The van der Waals surface area contributed by atoms with Crippen LogP contribution < -0.4 is 10.1 Å². The third-order valence-electron chi connectivity index (χ3n) is 4.44. The molecule has 3 nitrogen and oxygen atoms in total. The minimum atomic E-state index is -0.134. The number of amides is 1. The second-order valence-corrected chi connectivity index (χ2v) is 6.18. The Kier molecular flexibility index (Phi) is 6.42. The fraction of sp³-hybridized carbons (Fsp3) is 0.381. The number of hydrogen-bond donors (Lipinski definition) is 1. The predicted molar refractivity (Wildman–Crippen MR) is 99.8 cm³/mol. The summed E-state index contributed by atoms with van der Waals surface area (Å²) in [6.45, 7) is 8.48. The Balaban J connectivity index is 1.94. The van der Waals surface area contributed by atoms with Gasteiger partial charge in [-0.15, -0.1) is 0 Å². The Morgan fingerprint density at radius 1 is 1.12 bits per heavy atom. The number of carbonyl (C=O) groups is 1. The highest BCUT2D eigenvalue weighted by Gasteiger charge is 2.09. The average molecular weight is 325 g/mol. The second kappa shape index (κ2) is 8.53. The summed E-state index contributed by atoms with van der Waals surface area (Å²) in [5.41, 5.74) is 4.41. The summed E-state index contributed by atoms with van der Waals surface area (Å²) in [7, 11) is 0. The molecular weight excluding hydrogens is 298 g/mol. The Morgan fingerprint density at radius 3 is 2.46 bits per heavy atom. The van der Waals surface area contributed by atoms with Gasteiger partial charge in [0.2, 0.25) is 0 Å². The monoisotopic (exact) mass is 325 g/mol. The fourth-order valence-corrected chi connectivity index (χ4v) is 2.65. The van der Waals surface area contributed by atoms with Gasteiger partial charge in [0.05, 0.1) is 0 Å². The lowest BCUT2D eigenvalue weighted by Crippen LogP contribution is -2.21. The van der Waals surface area contributed by atoms with E-state index in [0.717, 1.165) is 35.4 Å². The Morgan fingerprint density at radius 2 is 1.83 bits per heavy atom. The summed E-state index contributed by atoms with van der Waals surface area (Å²) in [6.07, 6.45) is 1.99. The van der Waals surface area contributed by atoms with Crippen LogP contribution in [0.1, 0.15) is 49.8 Å². The minimum Gasteiger partial charge on any atom is -0.484 e. The van der Waals surface area contributed by atoms with E-state index in [2.05, 4.69) is 38.2 Å². The zero-order valence-corrected chi connectivity index (χ0v) is 15.1. The number of nitrogens with one attached hydrogen (secondary N) is 1. The van der Waals surface area contributed by atoms with E-state index >= 15 is 0 Å². The van der Waals surface area contributed by atoms with Crippen molar-refractivity contribution in [3.63, 3.8) is 0 Å². The molecule has 0 saturated carbocycles. The van der Waals surface area contributed by atoms with Crippen molar-refractivity contribution in [2.75, 3.05) is 11.9 Å². The smallest absolute Gasteiger partial charge is 0.262 e. The molecule has 1 N–H and O–H groups in total. The van der Waals surface area contributed by atoms with Gasteiger partial charge in [-0.3, -0.25) is 4.79 Å². The molecule has 0 aliphatic carbocycles. The molecule has 0 fully saturated rings. The van der Waals surface area contributed by atoms with Crippen LogP contribution in [0.2, 0.25) is 0 Å². The first-order valence-corrected chi connectivity index (χ1v) is 8.66. The molecule has 0 bridgehead atoms. The summed E-state index contributed by atoms with van der Waals surface area (Å²) >= 11 is 0. The van der Waals surface area contributed by atoms with Crippen LogP contribution in [0.25, 0.3) is 0 Å². The third kappa shape index (κ3) is 4.60. The number of hydrogen-bond acceptors (Lipinski definition) is 2. The summed E-state index contributed by atoms with van der Waals surface area (Å²) in [6, 6.07) is 14.1. The molecule has 2 rings (SSSR count). The number of benzene rings is 2. The van der Waals surface area contributed by atoms with Gasteiger partial charge in [-0.2, -0.15) is 0 Å². The zero-order chi connectivity index (χ0) is 17.5. The maximum atomic E-state index is 12.2. The van der Waals surface area contributed by atoms with E-state index in [1.54, 1.807) is 0 Å². The Labute approximate surface area is 145 Å². The quantitative estimate of drug-likeness (QED) is 0.770. The van der Waals surface area contributed by atoms with E-state index in [1.165, 1.54) is 5.56 Å². The lowest BCUT2D eigenvalue weighted by molar-refractivity contribution is -0.118. The van der Waals surface area contributed by atoms with Gasteiger partial charge in [-0.05, 0) is 54.5 Å². The van der Waals surface area contributed by atoms with Crippen LogP contribution in [-0.4, -0.2) is 12.5 Å². The van der Waals surface area contributed by atoms with E-state index in [4.69, 9.17) is 4.74 Å². The molecule has 0 saturated heterocycles. The molecular formula is C21H27NO2. The Hall–Kier alpha value is -2.29. The number of ether oxygens (including phenoxy) is 1. The maximum Gasteiger partial charge on any atom is 0.262 e. The van der Waals surface area contributed by atoms with Crippen molar-refractivity contribution >= 4 is 11.6 Å². The molecule has 0 heterocycles. The van der Waals surface area contributed by atoms with Gasteiger partial charge >= 0.3 is 0 Å². The average Bonchev–Trinajstić information content (AvgIpc) is 2.61. The maximum absolute atomic E-state index is 12.2. The summed E-state index contributed by atoms with van der Waals surface area (Å²) < 4.78 is 5.61. The van der Waals surface area contributed by atoms with Crippen molar-refractivity contribution in [1.29, 1.82) is 0 Å². The van der Waals surface area contributed by atoms with Crippen molar-refractivity contribution in [2.45, 2.75) is 46.5 Å². The first kappa shape index (κ1) is 18.1. The van der Waals surface area contributed by atoms with E-state index in [1.807, 2.05) is 37.3 Å². The van der Waals surface area contributed by atoms with Crippen LogP contribution in [0.15, 0.2) is 42.5 Å². The van der Waals surface area contributed by atoms with E-state index in [0.29, 0.717) is 5.92 Å². The van der Waals surface area contributed by atoms with E-state index in [-0.39, 0.29) is 12.5 Å². The van der Waals surface area contributed by atoms with Crippen molar-refractivity contribution in [1.82, 2.24) is 0 Å². The standard InChI is InChI=1S/C21H27NO2/c1-5-15(3)18-10-12-19(13-11-18)24-14-20(23)22-21-16(4)8-7-9-17(21)6-2/h7-13,15H,5-6,14H2,1-4H3,(H,22,23)/t15-/m1/s1. The second-order valence-electron chi connectivity index (χ2n) is 6.18. The van der Waals surface area contributed by atoms with Crippen LogP contribution in [-0.2, 0) is 11.2 Å². The lowest BCUT2D eigenvalue weighted by Gasteiger charge is -2.14. The van der Waals surface area contributed by atoms with Gasteiger partial charge in [-0.1, -0.05) is 51.1 Å². The first-order chi connectivity index (χ1) is 11.5. The fourth-order valence-electron chi connectivity index (χ4n) is 2.65. The van der Waals surface area contributed by atoms with Crippen LogP contribution in [0.3, 0.4) is 0 Å². The van der Waals surface area contributed by atoms with Gasteiger partial charge in [-0.25, -0.2) is 0 Å². The molecule has 2 aromatic rings. The van der Waals surface area contributed by atoms with E-state index < -0.39 is 0 Å². The highest BCUT2D eigenvalue weighted by molar-refractivity contribution is 5.93. The highest BCUT2D eigenvalue weighted by Crippen LogP contribution is 2.22. The third-order valence-corrected chi connectivity index (χ3v) is 4.44. The number of anilines is 1. The number of rotatable bonds is 7. The van der Waals surface area contributed by atoms with Crippen molar-refractivity contribution < 1.29 is 9.53 Å². The molecule has 128 valence electrons. The van der Waals surface area contributed by atoms with Crippen molar-refractivity contribution in [2.24, 2.45) is 0 Å². The molecule has 0 aliphatic rings. The molecule has 3 heteroatoms. The van der Waals surface area contributed by atoms with Gasteiger partial charge in [0.25, 0.3) is 5.91 Å². The number of carbonyl (C=O) groups excluding carboxylic acids is 1. The van der Waals surface area contributed by atoms with Crippen LogP contribution in [0.4, 0.5) is 5.69 Å². The van der Waals surface area contributed by atoms with Gasteiger partial charge < -0.3 is 10.1 Å². The van der Waals surface area contributed by atoms with Gasteiger partial charge in [0.1, 0.15) is 5.75 Å². The zero-order valence-electron chi connectivity index (χ0n) is 15.1. The summed E-state index contributed by atoms with van der Waals surface area (Å²) in [5, 5.41) is 2.97. The first-order valence-electron chi connectivity index (χ1n) is 8.66. The van der Waals surface area contributed by atoms with Crippen LogP contribution in [0.5, 0.6) is 5.75 Å². The summed E-state index contributed by atoms with van der Waals surface area (Å²) in [5.74, 6) is 1.12. The topological polar surface area (TPSA) is 38.3 Å². The van der Waals surface area contributed by atoms with Gasteiger partial charge in [0, 0.05) is 5.69 Å². The molecule has 24 heavy (non-hydrogen) atoms. The SMILES string of the molecule is CCc1cccc(C)c1NC(=O)COc1ccc([C@H](C)CC)cc1. The van der Waals surface area contributed by atoms with Crippen molar-refractivity contribution in [3.05, 3.63) is 59.2 Å². The van der Waals surface area contributed by atoms with Gasteiger partial charge in [0.15, 0.2) is 6.61 Å². The highest BCUT2D eigenvalue weighted by atomic mass is 16.5. The molecule has 0 unspecified atom stereocenters. The molecule has 0 radical (unpaired) electrons. The molecule has 0 aliphatic heterocycles. The number of para-hydroxylation sites is 1. The molecule has 1 amide bonds. The van der Waals surface area contributed by atoms with Crippen LogP contribution >= 0.6 is 0 Å². The lowest BCUT2D eigenvalue weighted by atomic mass is 9.99. The van der Waals surface area contributed by atoms with Crippen LogP contribution in [0, 0.1) is 6.92 Å². The molecule has 0 aromatic heterocycles. The molecule has 0 spiro atoms. The van der Waals surface area contributed by atoms with Crippen molar-refractivity contribution in [3.8, 4) is 5.75 Å². The number of aryl methyl sites for hydroxylation is 2. The molecule has 1 atom stereocenters. The largest absolute Gasteiger partial charge is 0.484 e. The minimum absolute atomic E-state index is 0.0141. The summed E-state index contributed by atoms with van der Waals surface area (Å²) in [4.78, 5) is 12.2. The Bertz CT molecular complexity index is 677. The normalized spacial score (nSPS) is 11.8. The van der Waals surface area contributed by atoms with E-state index in [9.17, 15) is 4.79 Å². The predicted octanol–water partition coefficient (Wildman–Crippen LogP) is 5.09. The molecule has 2 aromatic carbocycles.